The highest BCUT2D eigenvalue weighted by atomic mass is 16.5. The highest BCUT2D eigenvalue weighted by molar-refractivity contribution is 6.12. The first-order valence-corrected chi connectivity index (χ1v) is 11.0. The molecule has 0 atom stereocenters. The van der Waals surface area contributed by atoms with Gasteiger partial charge >= 0.3 is 0 Å². The van der Waals surface area contributed by atoms with Crippen molar-refractivity contribution in [3.8, 4) is 5.75 Å². The summed E-state index contributed by atoms with van der Waals surface area (Å²) in [6.07, 6.45) is 5.77. The molecule has 0 radical (unpaired) electrons. The van der Waals surface area contributed by atoms with Crippen molar-refractivity contribution in [1.29, 1.82) is 0 Å². The molecule has 4 rings (SSSR count). The van der Waals surface area contributed by atoms with E-state index in [4.69, 9.17) is 9.15 Å². The van der Waals surface area contributed by atoms with E-state index in [9.17, 15) is 4.79 Å². The van der Waals surface area contributed by atoms with Crippen LogP contribution in [0.4, 0.5) is 5.69 Å². The van der Waals surface area contributed by atoms with Crippen LogP contribution in [0.1, 0.15) is 47.3 Å². The van der Waals surface area contributed by atoms with Gasteiger partial charge < -0.3 is 9.15 Å². The Balaban J connectivity index is 1.84. The lowest BCUT2D eigenvalue weighted by atomic mass is 9.71. The van der Waals surface area contributed by atoms with Crippen LogP contribution in [-0.4, -0.2) is 24.6 Å². The number of anilines is 1. The number of carbonyl (C=O) groups is 1. The fourth-order valence-corrected chi connectivity index (χ4v) is 3.98. The van der Waals surface area contributed by atoms with Crippen molar-refractivity contribution in [2.45, 2.75) is 41.5 Å². The third-order valence-corrected chi connectivity index (χ3v) is 5.84. The van der Waals surface area contributed by atoms with Gasteiger partial charge in [0, 0.05) is 16.7 Å². The largest absolute Gasteiger partial charge is 0.497 e. The Labute approximate surface area is 190 Å². The molecular weight excluding hydrogens is 400 g/mol. The molecule has 1 aliphatic heterocycles. The number of Topliss-reactive ketones (excluding diaryl/α,β-unsaturated/α-hetero) is 1. The Hall–Kier alpha value is -3.21. The minimum absolute atomic E-state index is 0.130. The van der Waals surface area contributed by atoms with Crippen molar-refractivity contribution in [3.63, 3.8) is 0 Å². The zero-order valence-electron chi connectivity index (χ0n) is 20.0. The Morgan fingerprint density at radius 1 is 0.938 bits per heavy atom. The second-order valence-corrected chi connectivity index (χ2v) is 10.4. The van der Waals surface area contributed by atoms with Gasteiger partial charge in [0.2, 0.25) is 0 Å². The highest BCUT2D eigenvalue weighted by Crippen LogP contribution is 2.43. The lowest BCUT2D eigenvalue weighted by Gasteiger charge is -2.32. The van der Waals surface area contributed by atoms with Gasteiger partial charge in [-0.15, -0.1) is 0 Å². The smallest absolute Gasteiger partial charge is 0.186 e. The van der Waals surface area contributed by atoms with Crippen LogP contribution in [0.3, 0.4) is 0 Å². The van der Waals surface area contributed by atoms with E-state index in [0.717, 1.165) is 46.3 Å². The summed E-state index contributed by atoms with van der Waals surface area (Å²) >= 11 is 0. The van der Waals surface area contributed by atoms with Gasteiger partial charge in [0.15, 0.2) is 11.5 Å². The molecule has 32 heavy (non-hydrogen) atoms. The number of nitrogens with zero attached hydrogens (tertiary/aromatic N) is 2. The zero-order valence-corrected chi connectivity index (χ0v) is 20.0. The third kappa shape index (κ3) is 4.12. The first-order chi connectivity index (χ1) is 15.0. The van der Waals surface area contributed by atoms with Gasteiger partial charge in [0.05, 0.1) is 19.1 Å². The van der Waals surface area contributed by atoms with Crippen LogP contribution in [0.2, 0.25) is 0 Å². The van der Waals surface area contributed by atoms with Crippen molar-refractivity contribution in [3.05, 3.63) is 77.3 Å². The van der Waals surface area contributed by atoms with E-state index in [1.807, 2.05) is 48.6 Å². The minimum atomic E-state index is -0.268. The van der Waals surface area contributed by atoms with E-state index >= 15 is 0 Å². The van der Waals surface area contributed by atoms with Crippen LogP contribution in [0, 0.1) is 10.8 Å². The lowest BCUT2D eigenvalue weighted by molar-refractivity contribution is -0.114. The van der Waals surface area contributed by atoms with E-state index in [1.54, 1.807) is 13.4 Å². The monoisotopic (exact) mass is 432 g/mol. The Morgan fingerprint density at radius 3 is 2.00 bits per heavy atom. The second kappa shape index (κ2) is 7.73. The fraction of sp³-hybridized carbons (Fsp3) is 0.370. The number of hydrogen-bond donors (Lipinski definition) is 0. The fourth-order valence-electron chi connectivity index (χ4n) is 3.98. The number of allylic oxidation sites excluding steroid dienone is 5. The van der Waals surface area contributed by atoms with Crippen LogP contribution in [-0.2, 0) is 4.79 Å². The van der Waals surface area contributed by atoms with Crippen molar-refractivity contribution >= 4 is 17.2 Å². The molecule has 0 bridgehead atoms. The van der Waals surface area contributed by atoms with Crippen molar-refractivity contribution < 1.29 is 13.9 Å². The molecule has 0 unspecified atom stereocenters. The third-order valence-electron chi connectivity index (χ3n) is 5.84. The number of rotatable bonds is 4. The number of ether oxygens (including phenoxy) is 1. The molecule has 0 N–H and O–H groups in total. The molecular formula is C27H32N2O3. The van der Waals surface area contributed by atoms with Crippen LogP contribution in [0.5, 0.6) is 5.75 Å². The highest BCUT2D eigenvalue weighted by Gasteiger charge is 2.40. The Morgan fingerprint density at radius 2 is 1.53 bits per heavy atom. The Bertz CT molecular complexity index is 1070. The van der Waals surface area contributed by atoms with E-state index in [-0.39, 0.29) is 16.6 Å². The number of hydrogen-bond acceptors (Lipinski definition) is 5. The molecule has 5 nitrogen and oxygen atoms in total. The van der Waals surface area contributed by atoms with Crippen LogP contribution in [0.25, 0.3) is 5.70 Å². The first-order valence-electron chi connectivity index (χ1n) is 11.0. The van der Waals surface area contributed by atoms with Crippen LogP contribution >= 0.6 is 0 Å². The topological polar surface area (TPSA) is 45.5 Å². The number of benzene rings is 1. The number of carbonyl (C=O) groups excluding carboxylic acids is 1. The van der Waals surface area contributed by atoms with Crippen molar-refractivity contribution in [1.82, 2.24) is 5.01 Å². The summed E-state index contributed by atoms with van der Waals surface area (Å²) in [4.78, 5) is 13.4. The maximum absolute atomic E-state index is 13.4. The predicted octanol–water partition coefficient (Wildman–Crippen LogP) is 6.22. The predicted molar refractivity (Wildman–Crippen MR) is 128 cm³/mol. The standard InChI is InChI=1S/C27H32N2O3/c1-26(2,3)21-15-18(16-22(25(21)30)27(4,5)6)24(23-9-8-14-32-23)29-17-28(29)19-10-12-20(31-7)13-11-19/h8-16H,17H2,1-7H3. The molecule has 1 fully saturated rings. The van der Waals surface area contributed by atoms with E-state index in [2.05, 4.69) is 51.6 Å². The van der Waals surface area contributed by atoms with Gasteiger partial charge in [-0.05, 0) is 59.4 Å². The quantitative estimate of drug-likeness (QED) is 0.537. The summed E-state index contributed by atoms with van der Waals surface area (Å²) in [6, 6.07) is 11.9. The molecule has 0 spiro atoms. The number of hydrazine groups is 1. The molecule has 1 aliphatic carbocycles. The van der Waals surface area contributed by atoms with Crippen molar-refractivity contribution in [2.24, 2.45) is 10.8 Å². The zero-order chi connectivity index (χ0) is 23.3. The van der Waals surface area contributed by atoms with Crippen LogP contribution in [0.15, 0.2) is 75.9 Å². The summed E-state index contributed by atoms with van der Waals surface area (Å²) in [5, 5.41) is 4.36. The number of furan rings is 1. The number of ketones is 1. The first kappa shape index (κ1) is 22.0. The van der Waals surface area contributed by atoms with Gasteiger partial charge in [-0.2, -0.15) is 0 Å². The maximum atomic E-state index is 13.4. The summed E-state index contributed by atoms with van der Waals surface area (Å²) in [6.45, 7) is 13.3. The van der Waals surface area contributed by atoms with E-state index in [0.29, 0.717) is 0 Å². The molecule has 1 aromatic heterocycles. The molecule has 1 aromatic carbocycles. The maximum Gasteiger partial charge on any atom is 0.186 e. The number of methoxy groups -OCH3 is 1. The molecule has 5 heteroatoms. The SMILES string of the molecule is COc1ccc(N2CN2C(=C2C=C(C(C)(C)C)C(=O)C(C(C)(C)C)=C2)c2ccco2)cc1. The average molecular weight is 433 g/mol. The molecule has 2 aliphatic rings. The molecule has 0 saturated carbocycles. The lowest BCUT2D eigenvalue weighted by Crippen LogP contribution is -2.28. The van der Waals surface area contributed by atoms with Crippen molar-refractivity contribution in [2.75, 3.05) is 18.8 Å². The van der Waals surface area contributed by atoms with Gasteiger partial charge in [0.1, 0.15) is 18.1 Å². The summed E-state index contributed by atoms with van der Waals surface area (Å²) in [5.74, 6) is 1.73. The second-order valence-electron chi connectivity index (χ2n) is 10.4. The molecule has 2 aromatic rings. The minimum Gasteiger partial charge on any atom is -0.497 e. The van der Waals surface area contributed by atoms with E-state index < -0.39 is 0 Å². The summed E-state index contributed by atoms with van der Waals surface area (Å²) < 4.78 is 11.1. The molecule has 2 heterocycles. The summed E-state index contributed by atoms with van der Waals surface area (Å²) in [5.41, 5.74) is 4.13. The summed E-state index contributed by atoms with van der Waals surface area (Å²) in [7, 11) is 1.67. The van der Waals surface area contributed by atoms with Gasteiger partial charge in [-0.1, -0.05) is 41.5 Å². The molecule has 0 amide bonds. The average Bonchev–Trinajstić information content (AvgIpc) is 3.30. The van der Waals surface area contributed by atoms with Gasteiger partial charge in [0.25, 0.3) is 0 Å². The van der Waals surface area contributed by atoms with Crippen LogP contribution < -0.4 is 9.75 Å². The molecule has 1 saturated heterocycles. The Kier molecular flexibility index (Phi) is 5.32. The van der Waals surface area contributed by atoms with Gasteiger partial charge in [-0.25, -0.2) is 0 Å². The molecule has 168 valence electrons. The van der Waals surface area contributed by atoms with Gasteiger partial charge in [-0.3, -0.25) is 14.8 Å². The van der Waals surface area contributed by atoms with E-state index in [1.165, 1.54) is 0 Å². The normalized spacial score (nSPS) is 16.7.